The van der Waals surface area contributed by atoms with Gasteiger partial charge in [-0.25, -0.2) is 4.39 Å². The molecule has 0 aliphatic heterocycles. The van der Waals surface area contributed by atoms with Crippen LogP contribution in [0.15, 0.2) is 46.9 Å². The van der Waals surface area contributed by atoms with E-state index in [4.69, 9.17) is 4.42 Å². The molecule has 0 aliphatic carbocycles. The number of anilines is 1. The van der Waals surface area contributed by atoms with E-state index in [0.29, 0.717) is 12.2 Å². The number of hydrogen-bond acceptors (Lipinski definition) is 2. The lowest BCUT2D eigenvalue weighted by molar-refractivity contribution is 0.551. The maximum absolute atomic E-state index is 13.9. The number of nitrogens with one attached hydrogen (secondary N) is 1. The van der Waals surface area contributed by atoms with Crippen LogP contribution in [0.1, 0.15) is 23.8 Å². The highest BCUT2D eigenvalue weighted by Gasteiger charge is 2.12. The summed E-state index contributed by atoms with van der Waals surface area (Å²) >= 11 is 0. The van der Waals surface area contributed by atoms with Crippen molar-refractivity contribution >= 4 is 16.7 Å². The molecular weight excluding hydrogens is 265 g/mol. The van der Waals surface area contributed by atoms with E-state index in [-0.39, 0.29) is 5.82 Å². The van der Waals surface area contributed by atoms with Crippen LogP contribution in [-0.2, 0) is 13.0 Å². The van der Waals surface area contributed by atoms with E-state index >= 15 is 0 Å². The first-order chi connectivity index (χ1) is 10.2. The minimum Gasteiger partial charge on any atom is -0.461 e. The maximum atomic E-state index is 13.9. The third kappa shape index (κ3) is 2.64. The Morgan fingerprint density at radius 3 is 2.71 bits per heavy atom. The fraction of sp³-hybridized carbons (Fsp3) is 0.222. The molecule has 1 aromatic heterocycles. The Kier molecular flexibility index (Phi) is 3.65. The van der Waals surface area contributed by atoms with Crippen LogP contribution in [-0.4, -0.2) is 0 Å². The molecule has 21 heavy (non-hydrogen) atoms. The molecule has 0 amide bonds. The topological polar surface area (TPSA) is 25.2 Å². The monoisotopic (exact) mass is 283 g/mol. The standard InChI is InChI=1S/C18H18FNO/c1-3-17-14(13-6-4-5-7-18(13)21-17)11-20-16-9-8-12(2)10-15(16)19/h4-10,20H,3,11H2,1-2H3. The van der Waals surface area contributed by atoms with Gasteiger partial charge in [0.25, 0.3) is 0 Å². The van der Waals surface area contributed by atoms with E-state index in [2.05, 4.69) is 12.2 Å². The van der Waals surface area contributed by atoms with Gasteiger partial charge in [0.05, 0.1) is 5.69 Å². The van der Waals surface area contributed by atoms with E-state index in [9.17, 15) is 4.39 Å². The van der Waals surface area contributed by atoms with Crippen molar-refractivity contribution in [1.82, 2.24) is 0 Å². The molecule has 108 valence electrons. The first-order valence-electron chi connectivity index (χ1n) is 7.18. The summed E-state index contributed by atoms with van der Waals surface area (Å²) in [6.45, 7) is 4.50. The number of rotatable bonds is 4. The summed E-state index contributed by atoms with van der Waals surface area (Å²) in [7, 11) is 0. The van der Waals surface area contributed by atoms with Crippen LogP contribution in [0.5, 0.6) is 0 Å². The number of benzene rings is 2. The fourth-order valence-electron chi connectivity index (χ4n) is 2.58. The molecule has 0 aliphatic rings. The van der Waals surface area contributed by atoms with E-state index in [1.807, 2.05) is 37.3 Å². The molecule has 0 spiro atoms. The summed E-state index contributed by atoms with van der Waals surface area (Å²) in [5.74, 6) is 0.733. The van der Waals surface area contributed by atoms with E-state index in [1.165, 1.54) is 6.07 Å². The minimum absolute atomic E-state index is 0.221. The second-order valence-electron chi connectivity index (χ2n) is 5.19. The molecule has 2 aromatic carbocycles. The summed E-state index contributed by atoms with van der Waals surface area (Å²) in [6, 6.07) is 13.2. The number of fused-ring (bicyclic) bond motifs is 1. The van der Waals surface area contributed by atoms with E-state index < -0.39 is 0 Å². The smallest absolute Gasteiger partial charge is 0.146 e. The second kappa shape index (κ2) is 5.60. The van der Waals surface area contributed by atoms with Crippen molar-refractivity contribution in [3.63, 3.8) is 0 Å². The number of aryl methyl sites for hydroxylation is 2. The number of para-hydroxylation sites is 1. The largest absolute Gasteiger partial charge is 0.461 e. The lowest BCUT2D eigenvalue weighted by Gasteiger charge is -2.08. The highest BCUT2D eigenvalue weighted by molar-refractivity contribution is 5.82. The zero-order chi connectivity index (χ0) is 14.8. The summed E-state index contributed by atoms with van der Waals surface area (Å²) in [5, 5.41) is 4.27. The molecule has 3 rings (SSSR count). The first kappa shape index (κ1) is 13.7. The van der Waals surface area contributed by atoms with Crippen molar-refractivity contribution in [2.75, 3.05) is 5.32 Å². The van der Waals surface area contributed by atoms with E-state index in [1.54, 1.807) is 6.07 Å². The predicted octanol–water partition coefficient (Wildman–Crippen LogP) is 5.05. The van der Waals surface area contributed by atoms with Crippen molar-refractivity contribution in [2.24, 2.45) is 0 Å². The van der Waals surface area contributed by atoms with Crippen molar-refractivity contribution < 1.29 is 8.81 Å². The van der Waals surface area contributed by atoms with Crippen molar-refractivity contribution in [2.45, 2.75) is 26.8 Å². The molecule has 1 N–H and O–H groups in total. The molecule has 1 heterocycles. The van der Waals surface area contributed by atoms with Crippen LogP contribution < -0.4 is 5.32 Å². The van der Waals surface area contributed by atoms with Crippen LogP contribution in [0.25, 0.3) is 11.0 Å². The second-order valence-corrected chi connectivity index (χ2v) is 5.19. The molecule has 0 fully saturated rings. The van der Waals surface area contributed by atoms with Gasteiger partial charge in [0.2, 0.25) is 0 Å². The zero-order valence-electron chi connectivity index (χ0n) is 12.2. The molecule has 0 saturated carbocycles. The first-order valence-corrected chi connectivity index (χ1v) is 7.18. The Bertz CT molecular complexity index is 776. The average molecular weight is 283 g/mol. The highest BCUT2D eigenvalue weighted by atomic mass is 19.1. The van der Waals surface area contributed by atoms with Crippen LogP contribution in [0.4, 0.5) is 10.1 Å². The Hall–Kier alpha value is -2.29. The summed E-state index contributed by atoms with van der Waals surface area (Å²) in [5.41, 5.74) is 3.43. The van der Waals surface area contributed by atoms with Gasteiger partial charge in [-0.05, 0) is 30.7 Å². The van der Waals surface area contributed by atoms with Crippen LogP contribution >= 0.6 is 0 Å². The highest BCUT2D eigenvalue weighted by Crippen LogP contribution is 2.27. The Labute approximate surface area is 123 Å². The van der Waals surface area contributed by atoms with Crippen LogP contribution in [0, 0.1) is 12.7 Å². The van der Waals surface area contributed by atoms with Gasteiger partial charge in [0.15, 0.2) is 0 Å². The fourth-order valence-corrected chi connectivity index (χ4v) is 2.58. The van der Waals surface area contributed by atoms with Gasteiger partial charge in [-0.3, -0.25) is 0 Å². The quantitative estimate of drug-likeness (QED) is 0.724. The van der Waals surface area contributed by atoms with Crippen molar-refractivity contribution in [1.29, 1.82) is 0 Å². The van der Waals surface area contributed by atoms with Crippen LogP contribution in [0.2, 0.25) is 0 Å². The summed E-state index contributed by atoms with van der Waals surface area (Å²) in [4.78, 5) is 0. The number of hydrogen-bond donors (Lipinski definition) is 1. The number of halogens is 1. The van der Waals surface area contributed by atoms with Crippen LogP contribution in [0.3, 0.4) is 0 Å². The Morgan fingerprint density at radius 2 is 1.95 bits per heavy atom. The molecular formula is C18H18FNO. The van der Waals surface area contributed by atoms with Crippen molar-refractivity contribution in [3.8, 4) is 0 Å². The van der Waals surface area contributed by atoms with Gasteiger partial charge >= 0.3 is 0 Å². The van der Waals surface area contributed by atoms with Gasteiger partial charge in [-0.15, -0.1) is 0 Å². The minimum atomic E-state index is -0.221. The summed E-state index contributed by atoms with van der Waals surface area (Å²) in [6.07, 6.45) is 0.822. The average Bonchev–Trinajstić information content (AvgIpc) is 2.84. The molecule has 0 saturated heterocycles. The Morgan fingerprint density at radius 1 is 1.14 bits per heavy atom. The van der Waals surface area contributed by atoms with Crippen molar-refractivity contribution in [3.05, 3.63) is 65.2 Å². The molecule has 2 nitrogen and oxygen atoms in total. The maximum Gasteiger partial charge on any atom is 0.146 e. The van der Waals surface area contributed by atoms with Gasteiger partial charge in [-0.1, -0.05) is 31.2 Å². The SMILES string of the molecule is CCc1oc2ccccc2c1CNc1ccc(C)cc1F. The Balaban J connectivity index is 1.91. The predicted molar refractivity (Wildman–Crippen MR) is 84.1 cm³/mol. The van der Waals surface area contributed by atoms with Gasteiger partial charge in [0, 0.05) is 23.9 Å². The molecule has 0 bridgehead atoms. The lowest BCUT2D eigenvalue weighted by atomic mass is 10.1. The zero-order valence-corrected chi connectivity index (χ0v) is 12.2. The third-order valence-electron chi connectivity index (χ3n) is 3.68. The lowest BCUT2D eigenvalue weighted by Crippen LogP contribution is -2.03. The normalized spacial score (nSPS) is 11.0. The summed E-state index contributed by atoms with van der Waals surface area (Å²) < 4.78 is 19.7. The molecule has 0 radical (unpaired) electrons. The van der Waals surface area contributed by atoms with Gasteiger partial charge in [-0.2, -0.15) is 0 Å². The van der Waals surface area contributed by atoms with Gasteiger partial charge in [0.1, 0.15) is 17.2 Å². The van der Waals surface area contributed by atoms with E-state index in [0.717, 1.165) is 34.3 Å². The molecule has 3 aromatic rings. The molecule has 0 atom stereocenters. The molecule has 0 unspecified atom stereocenters. The number of furan rings is 1. The molecule has 3 heteroatoms. The van der Waals surface area contributed by atoms with Gasteiger partial charge < -0.3 is 9.73 Å². The third-order valence-corrected chi connectivity index (χ3v) is 3.68.